The number of carbonyl (C=O) groups excluding carboxylic acids is 1. The highest BCUT2D eigenvalue weighted by Gasteiger charge is 2.25. The Morgan fingerprint density at radius 2 is 2.04 bits per heavy atom. The first kappa shape index (κ1) is 17.0. The number of oxazole rings is 1. The lowest BCUT2D eigenvalue weighted by Crippen LogP contribution is -2.36. The third-order valence-electron chi connectivity index (χ3n) is 5.65. The zero-order chi connectivity index (χ0) is 19.3. The SMILES string of the molecule is CC(=O)N1CCC(c2nc3cc(-c4c[nH]c5cc(F)ccc45)ccc3o2)CC1. The highest BCUT2D eigenvalue weighted by Crippen LogP contribution is 2.34. The summed E-state index contributed by atoms with van der Waals surface area (Å²) in [5, 5.41) is 0.973. The van der Waals surface area contributed by atoms with Crippen LogP contribution in [0.2, 0.25) is 0 Å². The first-order chi connectivity index (χ1) is 13.6. The molecule has 1 aliphatic rings. The highest BCUT2D eigenvalue weighted by atomic mass is 19.1. The summed E-state index contributed by atoms with van der Waals surface area (Å²) in [6.07, 6.45) is 3.63. The fourth-order valence-corrected chi connectivity index (χ4v) is 4.07. The molecule has 0 bridgehead atoms. The van der Waals surface area contributed by atoms with Gasteiger partial charge in [0.15, 0.2) is 11.5 Å². The van der Waals surface area contributed by atoms with Crippen LogP contribution in [0.4, 0.5) is 4.39 Å². The van der Waals surface area contributed by atoms with Crippen molar-refractivity contribution in [3.8, 4) is 11.1 Å². The van der Waals surface area contributed by atoms with E-state index in [-0.39, 0.29) is 17.6 Å². The maximum atomic E-state index is 13.4. The lowest BCUT2D eigenvalue weighted by Gasteiger charge is -2.29. The van der Waals surface area contributed by atoms with Crippen molar-refractivity contribution in [3.63, 3.8) is 0 Å². The molecular formula is C22H20FN3O2. The topological polar surface area (TPSA) is 62.1 Å². The second-order valence-corrected chi connectivity index (χ2v) is 7.41. The molecule has 5 rings (SSSR count). The Morgan fingerprint density at radius 3 is 2.82 bits per heavy atom. The van der Waals surface area contributed by atoms with Gasteiger partial charge in [-0.25, -0.2) is 9.37 Å². The fraction of sp³-hybridized carbons (Fsp3) is 0.273. The van der Waals surface area contributed by atoms with E-state index in [1.807, 2.05) is 29.3 Å². The number of rotatable bonds is 2. The Balaban J connectivity index is 1.46. The molecule has 0 radical (unpaired) electrons. The van der Waals surface area contributed by atoms with E-state index >= 15 is 0 Å². The van der Waals surface area contributed by atoms with Crippen LogP contribution in [0.15, 0.2) is 47.0 Å². The number of hydrogen-bond acceptors (Lipinski definition) is 3. The second kappa shape index (κ2) is 6.48. The molecule has 0 spiro atoms. The van der Waals surface area contributed by atoms with Crippen molar-refractivity contribution in [3.05, 3.63) is 54.3 Å². The number of hydrogen-bond donors (Lipinski definition) is 1. The number of nitrogens with zero attached hydrogens (tertiary/aromatic N) is 2. The van der Waals surface area contributed by atoms with Gasteiger partial charge in [0.05, 0.1) is 0 Å². The molecule has 6 heteroatoms. The van der Waals surface area contributed by atoms with Gasteiger partial charge in [-0.05, 0) is 48.7 Å². The molecule has 0 atom stereocenters. The lowest BCUT2D eigenvalue weighted by molar-refractivity contribution is -0.129. The Bertz CT molecular complexity index is 1190. The molecule has 28 heavy (non-hydrogen) atoms. The van der Waals surface area contributed by atoms with Gasteiger partial charge < -0.3 is 14.3 Å². The average Bonchev–Trinajstić information content (AvgIpc) is 3.31. The zero-order valence-electron chi connectivity index (χ0n) is 15.5. The molecule has 1 saturated heterocycles. The van der Waals surface area contributed by atoms with Crippen molar-refractivity contribution in [2.45, 2.75) is 25.7 Å². The number of carbonyl (C=O) groups is 1. The van der Waals surface area contributed by atoms with Gasteiger partial charge in [-0.15, -0.1) is 0 Å². The van der Waals surface area contributed by atoms with Crippen LogP contribution >= 0.6 is 0 Å². The molecule has 1 N–H and O–H groups in total. The number of halogens is 1. The molecule has 0 aliphatic carbocycles. The molecular weight excluding hydrogens is 357 g/mol. The fourth-order valence-electron chi connectivity index (χ4n) is 4.07. The van der Waals surface area contributed by atoms with Crippen LogP contribution in [-0.4, -0.2) is 33.9 Å². The summed E-state index contributed by atoms with van der Waals surface area (Å²) in [4.78, 5) is 21.2. The van der Waals surface area contributed by atoms with E-state index in [0.29, 0.717) is 0 Å². The number of fused-ring (bicyclic) bond motifs is 2. The van der Waals surface area contributed by atoms with Crippen molar-refractivity contribution in [2.75, 3.05) is 13.1 Å². The number of likely N-dealkylation sites (tertiary alicyclic amines) is 1. The van der Waals surface area contributed by atoms with Crippen LogP contribution in [0.25, 0.3) is 33.1 Å². The molecule has 3 heterocycles. The zero-order valence-corrected chi connectivity index (χ0v) is 15.5. The number of piperidine rings is 1. The minimum atomic E-state index is -0.256. The minimum Gasteiger partial charge on any atom is -0.440 e. The smallest absolute Gasteiger partial charge is 0.219 e. The number of H-pyrrole nitrogens is 1. The predicted octanol–water partition coefficient (Wildman–Crippen LogP) is 4.84. The van der Waals surface area contributed by atoms with Crippen molar-refractivity contribution in [1.82, 2.24) is 14.9 Å². The third-order valence-corrected chi connectivity index (χ3v) is 5.65. The number of amides is 1. The first-order valence-corrected chi connectivity index (χ1v) is 9.51. The van der Waals surface area contributed by atoms with Gasteiger partial charge in [0.2, 0.25) is 5.91 Å². The van der Waals surface area contributed by atoms with E-state index in [9.17, 15) is 9.18 Å². The Hall–Kier alpha value is -3.15. The first-order valence-electron chi connectivity index (χ1n) is 9.51. The van der Waals surface area contributed by atoms with Gasteiger partial charge in [-0.3, -0.25) is 4.79 Å². The summed E-state index contributed by atoms with van der Waals surface area (Å²) in [7, 11) is 0. The Kier molecular flexibility index (Phi) is 3.93. The summed E-state index contributed by atoms with van der Waals surface area (Å²) in [6, 6.07) is 10.7. The van der Waals surface area contributed by atoms with Gasteiger partial charge in [0.25, 0.3) is 0 Å². The van der Waals surface area contributed by atoms with Crippen LogP contribution in [0.1, 0.15) is 31.6 Å². The maximum Gasteiger partial charge on any atom is 0.219 e. The molecule has 0 unspecified atom stereocenters. The monoisotopic (exact) mass is 377 g/mol. The summed E-state index contributed by atoms with van der Waals surface area (Å²) < 4.78 is 19.4. The number of aromatic amines is 1. The van der Waals surface area contributed by atoms with Crippen molar-refractivity contribution < 1.29 is 13.6 Å². The summed E-state index contributed by atoms with van der Waals surface area (Å²) in [6.45, 7) is 3.10. The molecule has 142 valence electrons. The maximum absolute atomic E-state index is 13.4. The van der Waals surface area contributed by atoms with E-state index in [4.69, 9.17) is 9.40 Å². The third kappa shape index (κ3) is 2.85. The van der Waals surface area contributed by atoms with Gasteiger partial charge in [-0.1, -0.05) is 6.07 Å². The molecule has 0 saturated carbocycles. The molecule has 1 aliphatic heterocycles. The lowest BCUT2D eigenvalue weighted by atomic mass is 9.97. The normalized spacial score (nSPS) is 15.6. The van der Waals surface area contributed by atoms with Crippen LogP contribution < -0.4 is 0 Å². The quantitative estimate of drug-likeness (QED) is 0.544. The summed E-state index contributed by atoms with van der Waals surface area (Å²) in [5.74, 6) is 0.853. The van der Waals surface area contributed by atoms with Gasteiger partial charge in [0.1, 0.15) is 11.3 Å². The average molecular weight is 377 g/mol. The molecule has 2 aromatic heterocycles. The Labute approximate surface area is 161 Å². The van der Waals surface area contributed by atoms with Crippen LogP contribution in [-0.2, 0) is 4.79 Å². The minimum absolute atomic E-state index is 0.124. The molecule has 1 fully saturated rings. The number of aromatic nitrogens is 2. The predicted molar refractivity (Wildman–Crippen MR) is 105 cm³/mol. The molecule has 1 amide bonds. The van der Waals surface area contributed by atoms with E-state index in [1.54, 1.807) is 13.0 Å². The van der Waals surface area contributed by atoms with E-state index in [2.05, 4.69) is 4.98 Å². The van der Waals surface area contributed by atoms with Gasteiger partial charge in [-0.2, -0.15) is 0 Å². The largest absolute Gasteiger partial charge is 0.440 e. The number of benzene rings is 2. The summed E-state index contributed by atoms with van der Waals surface area (Å²) >= 11 is 0. The van der Waals surface area contributed by atoms with Crippen molar-refractivity contribution in [2.24, 2.45) is 0 Å². The van der Waals surface area contributed by atoms with Gasteiger partial charge >= 0.3 is 0 Å². The van der Waals surface area contributed by atoms with E-state index < -0.39 is 0 Å². The van der Waals surface area contributed by atoms with Crippen LogP contribution in [0.3, 0.4) is 0 Å². The number of nitrogens with one attached hydrogen (secondary N) is 1. The van der Waals surface area contributed by atoms with Crippen molar-refractivity contribution >= 4 is 27.9 Å². The van der Waals surface area contributed by atoms with Crippen LogP contribution in [0.5, 0.6) is 0 Å². The Morgan fingerprint density at radius 1 is 1.21 bits per heavy atom. The standard InChI is InChI=1S/C22H20FN3O2/c1-13(27)26-8-6-14(7-9-26)22-25-20-10-15(2-5-21(20)28-22)18-12-24-19-11-16(23)3-4-17(18)19/h2-5,10-12,14,24H,6-9H2,1H3. The second-order valence-electron chi connectivity index (χ2n) is 7.41. The van der Waals surface area contributed by atoms with Gasteiger partial charge in [0, 0.05) is 48.6 Å². The molecule has 4 aromatic rings. The van der Waals surface area contributed by atoms with Crippen LogP contribution in [0, 0.1) is 5.82 Å². The highest BCUT2D eigenvalue weighted by molar-refractivity contribution is 5.97. The van der Waals surface area contributed by atoms with E-state index in [0.717, 1.165) is 65.0 Å². The van der Waals surface area contributed by atoms with E-state index in [1.165, 1.54) is 12.1 Å². The van der Waals surface area contributed by atoms with Crippen molar-refractivity contribution in [1.29, 1.82) is 0 Å². The summed E-state index contributed by atoms with van der Waals surface area (Å²) in [5.41, 5.74) is 4.37. The molecule has 2 aromatic carbocycles. The molecule has 5 nitrogen and oxygen atoms in total.